The van der Waals surface area contributed by atoms with Crippen molar-refractivity contribution in [2.75, 3.05) is 47.0 Å². The lowest BCUT2D eigenvalue weighted by Crippen LogP contribution is -2.69. The Morgan fingerprint density at radius 1 is 1.02 bits per heavy atom. The summed E-state index contributed by atoms with van der Waals surface area (Å²) in [6.45, 7) is 3.98. The number of rotatable bonds is 2. The molecule has 0 amide bonds. The number of phenolic OH excluding ortho intramolecular Hbond substituents is 3. The molecule has 1 spiro atoms. The monoisotopic (exact) mass is 728 g/mol. The number of methoxy groups -OCH3 is 2. The third kappa shape index (κ3) is 4.24. The maximum Gasteiger partial charge on any atom is 0.331 e. The molecule has 4 bridgehead atoms. The van der Waals surface area contributed by atoms with Gasteiger partial charge in [-0.05, 0) is 68.1 Å². The molecule has 7 aliphatic heterocycles. The topological polar surface area (TPSA) is 166 Å². The first-order chi connectivity index (χ1) is 25.1. The molecular weight excluding hydrogens is 689 g/mol. The Labute approximate surface area is 305 Å². The number of ether oxygens (including phenoxy) is 5. The summed E-state index contributed by atoms with van der Waals surface area (Å²) in [6.07, 6.45) is 1.09. The van der Waals surface area contributed by atoms with Crippen LogP contribution >= 0.6 is 11.8 Å². The van der Waals surface area contributed by atoms with E-state index in [1.165, 1.54) is 18.9 Å². The number of hydrogen-bond acceptors (Lipinski definition) is 14. The first kappa shape index (κ1) is 33.3. The molecule has 0 saturated carbocycles. The number of carbonyl (C=O) groups is 1. The van der Waals surface area contributed by atoms with Crippen LogP contribution in [0.2, 0.25) is 0 Å². The van der Waals surface area contributed by atoms with E-state index >= 15 is 0 Å². The molecule has 52 heavy (non-hydrogen) atoms. The van der Waals surface area contributed by atoms with Crippen molar-refractivity contribution in [3.05, 3.63) is 62.7 Å². The highest BCUT2D eigenvalue weighted by Gasteiger charge is 2.61. The summed E-state index contributed by atoms with van der Waals surface area (Å²) in [5, 5.41) is 48.8. The number of phenols is 3. The minimum Gasteiger partial charge on any atom is -0.507 e. The second-order valence-corrected chi connectivity index (χ2v) is 15.6. The number of aryl methyl sites for hydroxylation is 1. The molecular formula is C38H40N4O9S. The van der Waals surface area contributed by atoms with Gasteiger partial charge >= 0.3 is 5.97 Å². The Hall–Kier alpha value is -4.55. The number of piperazine rings is 1. The zero-order valence-corrected chi connectivity index (χ0v) is 30.3. The van der Waals surface area contributed by atoms with Crippen molar-refractivity contribution in [2.24, 2.45) is 0 Å². The van der Waals surface area contributed by atoms with E-state index < -0.39 is 40.9 Å². The van der Waals surface area contributed by atoms with Crippen molar-refractivity contribution in [3.63, 3.8) is 0 Å². The average molecular weight is 729 g/mol. The number of hydrogen-bond donors (Lipinski definition) is 4. The Morgan fingerprint density at radius 3 is 2.56 bits per heavy atom. The van der Waals surface area contributed by atoms with Crippen LogP contribution in [-0.4, -0.2) is 96.2 Å². The second-order valence-electron chi connectivity index (χ2n) is 14.5. The maximum atomic E-state index is 14.6. The average Bonchev–Trinajstić information content (AvgIpc) is 3.62. The molecule has 0 radical (unpaired) electrons. The molecule has 3 aromatic rings. The number of thioether (sulfide) groups is 1. The molecule has 7 atom stereocenters. The van der Waals surface area contributed by atoms with Crippen molar-refractivity contribution in [2.45, 2.75) is 67.7 Å². The molecule has 2 saturated heterocycles. The van der Waals surface area contributed by atoms with Crippen LogP contribution in [0.5, 0.6) is 40.2 Å². The van der Waals surface area contributed by atoms with Crippen LogP contribution in [0.4, 0.5) is 0 Å². The molecule has 4 N–H and O–H groups in total. The Bertz CT molecular complexity index is 2100. The van der Waals surface area contributed by atoms with Crippen LogP contribution in [0.3, 0.4) is 0 Å². The maximum absolute atomic E-state index is 14.6. The first-order valence-electron chi connectivity index (χ1n) is 17.4. The van der Waals surface area contributed by atoms with E-state index in [9.17, 15) is 25.4 Å². The Kier molecular flexibility index (Phi) is 7.51. The second kappa shape index (κ2) is 11.7. The molecule has 2 fully saturated rings. The lowest BCUT2D eigenvalue weighted by atomic mass is 9.71. The lowest BCUT2D eigenvalue weighted by molar-refractivity contribution is -0.157. The van der Waals surface area contributed by atoms with Crippen molar-refractivity contribution < 1.29 is 43.8 Å². The van der Waals surface area contributed by atoms with Crippen LogP contribution < -0.4 is 24.3 Å². The van der Waals surface area contributed by atoms with E-state index in [4.69, 9.17) is 23.7 Å². The standard InChI is InChI=1S/C38H40N4O9S/c1-16-8-19-9-21-22(12-39)42-23-13-49-37(46)38(20-11-25(47-4)24(43)10-18(20)6-7-40-38)14-52-36(28-27(23)35-34(50-15-51-35)17(2)31(28)44)30(42)29(41(21)3)26(19)32(45)33(16)48-5/h8,10-11,21-23,29-30,36,40,43-45H,6-7,9,13-15H2,1-5H3/t21-,22?,23-,29+,30?,36+,38+/m0/s1. The summed E-state index contributed by atoms with van der Waals surface area (Å²) in [7, 11) is 5.01. The molecule has 7 aliphatic rings. The third-order valence-electron chi connectivity index (χ3n) is 12.2. The molecule has 0 aromatic heterocycles. The number of aromatic hydroxyl groups is 3. The van der Waals surface area contributed by atoms with Crippen LogP contribution in [0.1, 0.15) is 61.8 Å². The number of esters is 1. The molecule has 14 heteroatoms. The van der Waals surface area contributed by atoms with Gasteiger partial charge in [0.05, 0.1) is 37.6 Å². The lowest BCUT2D eigenvalue weighted by Gasteiger charge is -2.62. The van der Waals surface area contributed by atoms with E-state index in [2.05, 4.69) is 21.2 Å². The number of nitrogens with zero attached hydrogens (tertiary/aromatic N) is 3. The van der Waals surface area contributed by atoms with Gasteiger partial charge in [-0.2, -0.15) is 5.26 Å². The number of fused-ring (bicyclic) bond motifs is 9. The Morgan fingerprint density at radius 2 is 1.81 bits per heavy atom. The summed E-state index contributed by atoms with van der Waals surface area (Å²) in [4.78, 5) is 19.0. The highest BCUT2D eigenvalue weighted by Crippen LogP contribution is 2.64. The van der Waals surface area contributed by atoms with E-state index in [1.807, 2.05) is 20.0 Å². The summed E-state index contributed by atoms with van der Waals surface area (Å²) in [5.41, 5.74) is 4.43. The zero-order valence-electron chi connectivity index (χ0n) is 29.5. The van der Waals surface area contributed by atoms with Gasteiger partial charge in [0.15, 0.2) is 40.0 Å². The first-order valence-corrected chi connectivity index (χ1v) is 18.5. The smallest absolute Gasteiger partial charge is 0.331 e. The van der Waals surface area contributed by atoms with Gasteiger partial charge in [-0.15, -0.1) is 11.8 Å². The minimum absolute atomic E-state index is 0.0111. The van der Waals surface area contributed by atoms with Gasteiger partial charge in [0.2, 0.25) is 6.79 Å². The zero-order chi connectivity index (χ0) is 36.4. The quantitative estimate of drug-likeness (QED) is 0.282. The summed E-state index contributed by atoms with van der Waals surface area (Å²) < 4.78 is 29.7. The normalized spacial score (nSPS) is 30.0. The summed E-state index contributed by atoms with van der Waals surface area (Å²) >= 11 is 1.48. The molecule has 7 heterocycles. The summed E-state index contributed by atoms with van der Waals surface area (Å²) in [6, 6.07) is 5.46. The minimum atomic E-state index is -1.33. The third-order valence-corrected chi connectivity index (χ3v) is 13.7. The van der Waals surface area contributed by atoms with Gasteiger partial charge in [0.1, 0.15) is 18.4 Å². The fraction of sp³-hybridized carbons (Fsp3) is 0.474. The van der Waals surface area contributed by atoms with Gasteiger partial charge in [-0.25, -0.2) is 4.79 Å². The van der Waals surface area contributed by atoms with Crippen LogP contribution in [0.15, 0.2) is 18.2 Å². The van der Waals surface area contributed by atoms with Crippen molar-refractivity contribution >= 4 is 17.7 Å². The van der Waals surface area contributed by atoms with Crippen LogP contribution in [0, 0.1) is 25.2 Å². The van der Waals surface area contributed by atoms with Gasteiger partial charge < -0.3 is 39.0 Å². The number of nitrogens with one attached hydrogen (secondary N) is 1. The van der Waals surface area contributed by atoms with E-state index in [0.29, 0.717) is 58.9 Å². The Balaban J connectivity index is 1.31. The van der Waals surface area contributed by atoms with Crippen LogP contribution in [0.25, 0.3) is 0 Å². The number of likely N-dealkylation sites (N-methyl/N-ethyl adjacent to an activating group) is 1. The van der Waals surface area contributed by atoms with Gasteiger partial charge in [0.25, 0.3) is 0 Å². The van der Waals surface area contributed by atoms with Crippen LogP contribution in [-0.2, 0) is 27.9 Å². The molecule has 13 nitrogen and oxygen atoms in total. The predicted molar refractivity (Wildman–Crippen MR) is 188 cm³/mol. The number of benzene rings is 3. The van der Waals surface area contributed by atoms with Crippen molar-refractivity contribution in [1.82, 2.24) is 15.1 Å². The molecule has 0 aliphatic carbocycles. The predicted octanol–water partition coefficient (Wildman–Crippen LogP) is 3.77. The van der Waals surface area contributed by atoms with Gasteiger partial charge in [-0.1, -0.05) is 6.07 Å². The fourth-order valence-corrected chi connectivity index (χ4v) is 11.6. The molecule has 272 valence electrons. The highest BCUT2D eigenvalue weighted by atomic mass is 32.2. The largest absolute Gasteiger partial charge is 0.507 e. The van der Waals surface area contributed by atoms with E-state index in [-0.39, 0.29) is 48.2 Å². The molecule has 2 unspecified atom stereocenters. The number of nitriles is 1. The fourth-order valence-electron chi connectivity index (χ4n) is 9.92. The van der Waals surface area contributed by atoms with Crippen molar-refractivity contribution in [3.8, 4) is 46.3 Å². The number of carbonyl (C=O) groups excluding carboxylic acids is 1. The van der Waals surface area contributed by atoms with E-state index in [0.717, 1.165) is 22.3 Å². The SMILES string of the molecule is COc1cc2c(cc1O)CCN[C@]21CS[C@@H]2c3c(O)c(C)c4c(c3[C@H](COC1=O)N1C2[C@H]2c3c(cc(C)c(OC)c3O)C[C@@H](C1C#N)N2C)OCO4. The van der Waals surface area contributed by atoms with Gasteiger partial charge in [-0.3, -0.25) is 15.1 Å². The molecule has 3 aromatic carbocycles. The molecule has 10 rings (SSSR count). The highest BCUT2D eigenvalue weighted by molar-refractivity contribution is 7.99. The summed E-state index contributed by atoms with van der Waals surface area (Å²) in [5.74, 6) is 1.34. The van der Waals surface area contributed by atoms with Gasteiger partial charge in [0, 0.05) is 46.6 Å². The van der Waals surface area contributed by atoms with E-state index in [1.54, 1.807) is 26.2 Å². The van der Waals surface area contributed by atoms with Crippen molar-refractivity contribution in [1.29, 1.82) is 5.26 Å².